The summed E-state index contributed by atoms with van der Waals surface area (Å²) in [7, 11) is 1.49. The number of aryl methyl sites for hydroxylation is 1. The first-order valence-corrected chi connectivity index (χ1v) is 8.46. The van der Waals surface area contributed by atoms with E-state index in [1.54, 1.807) is 6.92 Å². The van der Waals surface area contributed by atoms with Crippen LogP contribution in [0.1, 0.15) is 35.3 Å². The van der Waals surface area contributed by atoms with E-state index in [0.717, 1.165) is 11.3 Å². The van der Waals surface area contributed by atoms with Crippen LogP contribution in [0.5, 0.6) is 0 Å². The minimum atomic E-state index is -3.79. The van der Waals surface area contributed by atoms with Gasteiger partial charge in [-0.2, -0.15) is 0 Å². The maximum Gasteiger partial charge on any atom is 0.262 e. The molecule has 4 nitrogen and oxygen atoms in total. The standard InChI is InChI=1S/C11H16ClNO3S2/c1-7-9(18(12,15)16)5-8(17-7)10(14)13-6-11(2,3)4/h5H,6H2,1-4H3,(H,13,14). The summed E-state index contributed by atoms with van der Waals surface area (Å²) in [6, 6.07) is 1.32. The summed E-state index contributed by atoms with van der Waals surface area (Å²) in [6.07, 6.45) is 0. The molecule has 0 spiro atoms. The second-order valence-corrected chi connectivity index (χ2v) is 9.00. The molecule has 0 bridgehead atoms. The number of halogens is 1. The Labute approximate surface area is 116 Å². The van der Waals surface area contributed by atoms with E-state index in [-0.39, 0.29) is 16.2 Å². The Morgan fingerprint density at radius 3 is 2.39 bits per heavy atom. The quantitative estimate of drug-likeness (QED) is 0.873. The molecule has 7 heteroatoms. The van der Waals surface area contributed by atoms with Crippen molar-refractivity contribution in [1.82, 2.24) is 5.32 Å². The summed E-state index contributed by atoms with van der Waals surface area (Å²) in [6.45, 7) is 8.15. The largest absolute Gasteiger partial charge is 0.351 e. The molecule has 0 fully saturated rings. The van der Waals surface area contributed by atoms with Gasteiger partial charge in [0.25, 0.3) is 15.0 Å². The average Bonchev–Trinajstić information content (AvgIpc) is 2.55. The first-order chi connectivity index (χ1) is 8.00. The summed E-state index contributed by atoms with van der Waals surface area (Å²) in [5, 5.41) is 2.76. The van der Waals surface area contributed by atoms with Crippen LogP contribution in [0.2, 0.25) is 0 Å². The molecule has 1 heterocycles. The molecule has 1 amide bonds. The number of hydrogen-bond donors (Lipinski definition) is 1. The Morgan fingerprint density at radius 1 is 1.44 bits per heavy atom. The maximum atomic E-state index is 11.8. The number of carbonyl (C=O) groups excluding carboxylic acids is 1. The normalized spacial score (nSPS) is 12.5. The molecule has 1 rings (SSSR count). The second kappa shape index (κ2) is 5.19. The second-order valence-electron chi connectivity index (χ2n) is 5.21. The highest BCUT2D eigenvalue weighted by Crippen LogP contribution is 2.28. The minimum absolute atomic E-state index is 0.00933. The van der Waals surface area contributed by atoms with Crippen molar-refractivity contribution in [2.75, 3.05) is 6.54 Å². The van der Waals surface area contributed by atoms with Gasteiger partial charge >= 0.3 is 0 Å². The van der Waals surface area contributed by atoms with Crippen LogP contribution < -0.4 is 5.32 Å². The molecule has 0 radical (unpaired) electrons. The van der Waals surface area contributed by atoms with Crippen LogP contribution in [0.4, 0.5) is 0 Å². The van der Waals surface area contributed by atoms with E-state index in [4.69, 9.17) is 10.7 Å². The minimum Gasteiger partial charge on any atom is -0.351 e. The van der Waals surface area contributed by atoms with Crippen LogP contribution in [0.3, 0.4) is 0 Å². The van der Waals surface area contributed by atoms with Gasteiger partial charge in [-0.15, -0.1) is 11.3 Å². The molecule has 0 atom stereocenters. The van der Waals surface area contributed by atoms with Crippen LogP contribution in [0.25, 0.3) is 0 Å². The summed E-state index contributed by atoms with van der Waals surface area (Å²) in [4.78, 5) is 12.7. The Kier molecular flexibility index (Phi) is 4.46. The zero-order valence-corrected chi connectivity index (χ0v) is 13.1. The van der Waals surface area contributed by atoms with Crippen LogP contribution in [-0.4, -0.2) is 20.9 Å². The van der Waals surface area contributed by atoms with Crippen LogP contribution in [0, 0.1) is 12.3 Å². The number of nitrogens with one attached hydrogen (secondary N) is 1. The van der Waals surface area contributed by atoms with Crippen molar-refractivity contribution in [3.05, 3.63) is 15.8 Å². The van der Waals surface area contributed by atoms with Crippen molar-refractivity contribution in [1.29, 1.82) is 0 Å². The molecule has 1 aromatic rings. The number of carbonyl (C=O) groups is 1. The third-order valence-electron chi connectivity index (χ3n) is 2.14. The van der Waals surface area contributed by atoms with E-state index in [1.165, 1.54) is 6.07 Å². The van der Waals surface area contributed by atoms with Crippen LogP contribution in [0.15, 0.2) is 11.0 Å². The Balaban J connectivity index is 2.90. The van der Waals surface area contributed by atoms with Crippen molar-refractivity contribution in [3.63, 3.8) is 0 Å². The summed E-state index contributed by atoms with van der Waals surface area (Å²) < 4.78 is 22.5. The maximum absolute atomic E-state index is 11.8. The molecule has 0 aliphatic rings. The van der Waals surface area contributed by atoms with Gasteiger partial charge < -0.3 is 5.32 Å². The molecule has 0 unspecified atom stereocenters. The SMILES string of the molecule is Cc1sc(C(=O)NCC(C)(C)C)cc1S(=O)(=O)Cl. The zero-order chi connectivity index (χ0) is 14.1. The van der Waals surface area contributed by atoms with Crippen molar-refractivity contribution >= 4 is 37.0 Å². The van der Waals surface area contributed by atoms with Gasteiger partial charge in [0.1, 0.15) is 0 Å². The monoisotopic (exact) mass is 309 g/mol. The predicted molar refractivity (Wildman–Crippen MR) is 73.9 cm³/mol. The van der Waals surface area contributed by atoms with Gasteiger partial charge in [-0.3, -0.25) is 4.79 Å². The number of hydrogen-bond acceptors (Lipinski definition) is 4. The molecule has 0 aliphatic carbocycles. The van der Waals surface area contributed by atoms with Gasteiger partial charge in [-0.05, 0) is 18.4 Å². The molecule has 18 heavy (non-hydrogen) atoms. The van der Waals surface area contributed by atoms with Gasteiger partial charge in [0.2, 0.25) is 0 Å². The van der Waals surface area contributed by atoms with E-state index in [1.807, 2.05) is 20.8 Å². The first kappa shape index (κ1) is 15.5. The fourth-order valence-corrected chi connectivity index (χ4v) is 3.83. The van der Waals surface area contributed by atoms with E-state index in [0.29, 0.717) is 16.3 Å². The fourth-order valence-electron chi connectivity index (χ4n) is 1.25. The van der Waals surface area contributed by atoms with Crippen LogP contribution >= 0.6 is 22.0 Å². The van der Waals surface area contributed by atoms with E-state index in [9.17, 15) is 13.2 Å². The number of amides is 1. The highest BCUT2D eigenvalue weighted by molar-refractivity contribution is 8.13. The van der Waals surface area contributed by atoms with E-state index >= 15 is 0 Å². The number of rotatable bonds is 3. The van der Waals surface area contributed by atoms with Gasteiger partial charge in [-0.1, -0.05) is 20.8 Å². The van der Waals surface area contributed by atoms with Gasteiger partial charge in [0, 0.05) is 22.1 Å². The molecule has 0 aliphatic heterocycles. The third-order valence-corrected chi connectivity index (χ3v) is 4.76. The lowest BCUT2D eigenvalue weighted by atomic mass is 9.97. The fraction of sp³-hybridized carbons (Fsp3) is 0.545. The molecular formula is C11H16ClNO3S2. The van der Waals surface area contributed by atoms with Crippen molar-refractivity contribution in [3.8, 4) is 0 Å². The highest BCUT2D eigenvalue weighted by atomic mass is 35.7. The zero-order valence-electron chi connectivity index (χ0n) is 10.7. The molecule has 102 valence electrons. The molecule has 1 N–H and O–H groups in total. The van der Waals surface area contributed by atoms with Crippen molar-refractivity contribution in [2.45, 2.75) is 32.6 Å². The molecular weight excluding hydrogens is 294 g/mol. The molecule has 1 aromatic heterocycles. The van der Waals surface area contributed by atoms with E-state index < -0.39 is 9.05 Å². The van der Waals surface area contributed by atoms with Crippen molar-refractivity contribution < 1.29 is 13.2 Å². The summed E-state index contributed by atoms with van der Waals surface area (Å²) in [5.41, 5.74) is -0.0244. The van der Waals surface area contributed by atoms with Crippen LogP contribution in [-0.2, 0) is 9.05 Å². The van der Waals surface area contributed by atoms with Gasteiger partial charge in [-0.25, -0.2) is 8.42 Å². The predicted octanol–water partition coefficient (Wildman–Crippen LogP) is 2.76. The molecule has 0 aromatic carbocycles. The molecule has 0 saturated carbocycles. The highest BCUT2D eigenvalue weighted by Gasteiger charge is 2.21. The molecule has 0 saturated heterocycles. The first-order valence-electron chi connectivity index (χ1n) is 5.34. The Morgan fingerprint density at radius 2 is 2.00 bits per heavy atom. The lowest BCUT2D eigenvalue weighted by Crippen LogP contribution is -2.31. The summed E-state index contributed by atoms with van der Waals surface area (Å²) >= 11 is 1.12. The van der Waals surface area contributed by atoms with Gasteiger partial charge in [0.05, 0.1) is 9.77 Å². The Bertz CT molecular complexity index is 555. The van der Waals surface area contributed by atoms with E-state index in [2.05, 4.69) is 5.32 Å². The smallest absolute Gasteiger partial charge is 0.262 e. The third kappa shape index (κ3) is 4.26. The number of thiophene rings is 1. The topological polar surface area (TPSA) is 63.2 Å². The lowest BCUT2D eigenvalue weighted by molar-refractivity contribution is 0.0943. The Hall–Kier alpha value is -0.590. The van der Waals surface area contributed by atoms with Gasteiger partial charge in [0.15, 0.2) is 0 Å². The summed E-state index contributed by atoms with van der Waals surface area (Å²) in [5.74, 6) is -0.274. The lowest BCUT2D eigenvalue weighted by Gasteiger charge is -2.18. The average molecular weight is 310 g/mol. The van der Waals surface area contributed by atoms with Crippen molar-refractivity contribution in [2.24, 2.45) is 5.41 Å².